The number of β-lactam (4-membered cyclic amide) rings is 1. The molecule has 0 bridgehead atoms. The Bertz CT molecular complexity index is 1230. The number of hydrogen-bond donors (Lipinski definition) is 3. The number of alkyl carbamates (subject to hydrolysis) is 1. The van der Waals surface area contributed by atoms with Crippen LogP contribution in [0.5, 0.6) is 0 Å². The van der Waals surface area contributed by atoms with E-state index in [9.17, 15) is 32.1 Å². The number of carbonyl (C=O) groups excluding carboxylic acids is 4. The number of amides is 4. The molecule has 0 aliphatic carbocycles. The van der Waals surface area contributed by atoms with Crippen LogP contribution < -0.4 is 45.1 Å². The molecule has 188 valence electrons. The molecular weight excluding hydrogens is 503 g/mol. The van der Waals surface area contributed by atoms with Gasteiger partial charge in [0.05, 0.1) is 0 Å². The Morgan fingerprint density at radius 2 is 1.72 bits per heavy atom. The Labute approximate surface area is 231 Å². The van der Waals surface area contributed by atoms with E-state index in [-0.39, 0.29) is 47.6 Å². The van der Waals surface area contributed by atoms with Gasteiger partial charge in [-0.25, -0.2) is 18.7 Å². The van der Waals surface area contributed by atoms with Crippen LogP contribution in [0, 0.1) is 0 Å². The number of ether oxygens (including phenoxy) is 1. The zero-order valence-corrected chi connectivity index (χ0v) is 22.6. The fourth-order valence-corrected chi connectivity index (χ4v) is 4.49. The van der Waals surface area contributed by atoms with Crippen LogP contribution in [0.2, 0.25) is 0 Å². The summed E-state index contributed by atoms with van der Waals surface area (Å²) in [5.41, 5.74) is 6.58. The minimum atomic E-state index is -4.89. The quantitative estimate of drug-likeness (QED) is 0.144. The Hall–Kier alpha value is -2.65. The second kappa shape index (κ2) is 12.1. The van der Waals surface area contributed by atoms with Gasteiger partial charge in [0.25, 0.3) is 5.91 Å². The molecule has 2 aromatic rings. The first kappa shape index (κ1) is 29.6. The molecule has 36 heavy (non-hydrogen) atoms. The predicted octanol–water partition coefficient (Wildman–Crippen LogP) is -2.55. The normalized spacial score (nSPS) is 17.6. The van der Waals surface area contributed by atoms with E-state index in [4.69, 9.17) is 10.5 Å². The Morgan fingerprint density at radius 3 is 2.22 bits per heavy atom. The Kier molecular flexibility index (Phi) is 9.91. The predicted molar refractivity (Wildman–Crippen MR) is 125 cm³/mol. The van der Waals surface area contributed by atoms with Crippen molar-refractivity contribution in [2.45, 2.75) is 25.6 Å². The molecule has 0 radical (unpaired) electrons. The molecule has 1 saturated heterocycles. The number of carbonyl (C=O) groups is 4. The number of hydrogen-bond acceptors (Lipinski definition) is 8. The van der Waals surface area contributed by atoms with Gasteiger partial charge in [-0.1, -0.05) is 48.5 Å². The molecule has 0 aromatic heterocycles. The maximum Gasteiger partial charge on any atom is 1.00 e. The van der Waals surface area contributed by atoms with Gasteiger partial charge in [0, 0.05) is 12.1 Å². The van der Waals surface area contributed by atoms with Crippen molar-refractivity contribution in [2.24, 2.45) is 5.73 Å². The van der Waals surface area contributed by atoms with Gasteiger partial charge < -0.3 is 17.2 Å². The van der Waals surface area contributed by atoms with Gasteiger partial charge >= 0.3 is 57.8 Å². The summed E-state index contributed by atoms with van der Waals surface area (Å²) in [6, 6.07) is 13.5. The average Bonchev–Trinajstić information content (AvgIpc) is 2.83. The Morgan fingerprint density at radius 1 is 1.17 bits per heavy atom. The second-order valence-corrected chi connectivity index (χ2v) is 9.19. The third-order valence-corrected chi connectivity index (χ3v) is 6.39. The van der Waals surface area contributed by atoms with Gasteiger partial charge in [0.1, 0.15) is 31.4 Å². The summed E-state index contributed by atoms with van der Waals surface area (Å²) in [5.74, 6) is -3.00. The van der Waals surface area contributed by atoms with Crippen LogP contribution in [-0.2, 0) is 36.0 Å². The summed E-state index contributed by atoms with van der Waals surface area (Å²) in [5, 5.41) is 2.27. The van der Waals surface area contributed by atoms with Crippen molar-refractivity contribution in [3.8, 4) is 0 Å². The second-order valence-electron chi connectivity index (χ2n) is 7.86. The fourth-order valence-electron chi connectivity index (χ4n) is 3.81. The van der Waals surface area contributed by atoms with E-state index in [0.29, 0.717) is 5.56 Å². The van der Waals surface area contributed by atoms with Gasteiger partial charge in [-0.3, -0.25) is 9.35 Å². The molecule has 2 aromatic carbocycles. The van der Waals surface area contributed by atoms with E-state index >= 15 is 0 Å². The van der Waals surface area contributed by atoms with Crippen molar-refractivity contribution < 1.29 is 67.9 Å². The topological polar surface area (TPSA) is 173 Å². The minimum absolute atomic E-state index is 0. The van der Waals surface area contributed by atoms with Crippen LogP contribution >= 0.6 is 0 Å². The van der Waals surface area contributed by atoms with E-state index in [1.54, 1.807) is 36.4 Å². The molecule has 2 unspecified atom stereocenters. The molecule has 1 fully saturated rings. The van der Waals surface area contributed by atoms with Crippen LogP contribution in [-0.4, -0.2) is 66.3 Å². The number of para-hydroxylation sites is 1. The summed E-state index contributed by atoms with van der Waals surface area (Å²) in [4.78, 5) is 51.9. The number of nitrogens with zero attached hydrogens (tertiary/aromatic N) is 2. The molecule has 1 aliphatic heterocycles. The first-order valence-electron chi connectivity index (χ1n) is 10.5. The standard InChI is InChI=1S/C22H24N4O8S.Na.H/c1-15(23)21(29)26(17-10-6-3-7-11-17,18-13-25(20(18)28)35(31,32)33)19(27)12-24-22(30)34-14-16-8-4-2-5-9-16;;/h2-11,15,18H,12-14,23H2,1H3,(H-,24,30,31,32,33);;/q;+1;-1/p+1/t15-,18?,26?;;/m1../s1. The monoisotopic (exact) mass is 529 g/mol. The van der Waals surface area contributed by atoms with Crippen LogP contribution in [0.4, 0.5) is 10.5 Å². The minimum Gasteiger partial charge on any atom is -1.00 e. The Balaban J connectivity index is 0.00000342. The maximum atomic E-state index is 13.6. The van der Waals surface area contributed by atoms with Crippen LogP contribution in [0.3, 0.4) is 0 Å². The van der Waals surface area contributed by atoms with Gasteiger partial charge in [-0.15, -0.1) is 0 Å². The number of rotatable bonds is 8. The SMILES string of the molecule is C[C@@H](N)C(=O)[N+](C(=O)CNC(=O)OCc1ccccc1)(c1ccccc1)C1CN(S(=O)(=O)O)C1=O.[H-].[Na+]. The molecule has 4 N–H and O–H groups in total. The first-order valence-corrected chi connectivity index (χ1v) is 11.9. The molecule has 0 saturated carbocycles. The molecule has 12 nitrogen and oxygen atoms in total. The molecule has 14 heteroatoms. The van der Waals surface area contributed by atoms with Gasteiger partial charge in [-0.05, 0) is 12.5 Å². The third kappa shape index (κ3) is 6.00. The fraction of sp³-hybridized carbons (Fsp3) is 0.273. The number of nitrogens with one attached hydrogen (secondary N) is 1. The number of imide groups is 1. The van der Waals surface area contributed by atoms with Crippen molar-refractivity contribution in [1.82, 2.24) is 14.1 Å². The van der Waals surface area contributed by atoms with Gasteiger partial charge in [0.15, 0.2) is 0 Å². The third-order valence-electron chi connectivity index (χ3n) is 5.51. The zero-order valence-electron chi connectivity index (χ0n) is 20.7. The summed E-state index contributed by atoms with van der Waals surface area (Å²) in [7, 11) is -4.89. The van der Waals surface area contributed by atoms with Crippen molar-refractivity contribution in [3.63, 3.8) is 0 Å². The molecule has 0 spiro atoms. The van der Waals surface area contributed by atoms with E-state index in [0.717, 1.165) is 0 Å². The summed E-state index contributed by atoms with van der Waals surface area (Å²) in [6.07, 6.45) is -0.943. The largest absolute Gasteiger partial charge is 1.00 e. The number of quaternary nitrogens is 1. The molecule has 3 atom stereocenters. The molecule has 4 amide bonds. The van der Waals surface area contributed by atoms with Crippen molar-refractivity contribution in [1.29, 1.82) is 0 Å². The van der Waals surface area contributed by atoms with Crippen molar-refractivity contribution in [3.05, 3.63) is 66.2 Å². The zero-order chi connectivity index (χ0) is 25.8. The van der Waals surface area contributed by atoms with E-state index in [1.165, 1.54) is 31.2 Å². The molecule has 3 rings (SSSR count). The van der Waals surface area contributed by atoms with Crippen molar-refractivity contribution >= 4 is 39.8 Å². The summed E-state index contributed by atoms with van der Waals surface area (Å²) < 4.78 is 36.2. The smallest absolute Gasteiger partial charge is 1.00 e. The van der Waals surface area contributed by atoms with E-state index in [2.05, 4.69) is 5.32 Å². The van der Waals surface area contributed by atoms with Gasteiger partial charge in [0.2, 0.25) is 6.04 Å². The first-order chi connectivity index (χ1) is 16.5. The van der Waals surface area contributed by atoms with Crippen LogP contribution in [0.15, 0.2) is 60.7 Å². The molecule has 1 aliphatic rings. The molecular formula is C22H26N4NaO8S+. The van der Waals surface area contributed by atoms with Gasteiger partial charge in [-0.2, -0.15) is 12.9 Å². The van der Waals surface area contributed by atoms with E-state index < -0.39 is 63.8 Å². The van der Waals surface area contributed by atoms with Crippen LogP contribution in [0.1, 0.15) is 13.9 Å². The molecule has 1 heterocycles. The maximum absolute atomic E-state index is 13.6. The number of nitrogens with two attached hydrogens (primary N) is 1. The summed E-state index contributed by atoms with van der Waals surface area (Å²) in [6.45, 7) is -0.120. The number of benzene rings is 2. The average molecular weight is 530 g/mol. The summed E-state index contributed by atoms with van der Waals surface area (Å²) >= 11 is 0. The van der Waals surface area contributed by atoms with Crippen LogP contribution in [0.25, 0.3) is 0 Å². The van der Waals surface area contributed by atoms with E-state index in [1.807, 2.05) is 0 Å². The van der Waals surface area contributed by atoms with Crippen molar-refractivity contribution in [2.75, 3.05) is 13.1 Å².